The van der Waals surface area contributed by atoms with Crippen LogP contribution in [0.4, 0.5) is 5.69 Å². The number of methoxy groups -OCH3 is 1. The molecule has 0 fully saturated rings. The van der Waals surface area contributed by atoms with Gasteiger partial charge in [0.15, 0.2) is 6.10 Å². The Morgan fingerprint density at radius 1 is 1.36 bits per heavy atom. The third-order valence-corrected chi connectivity index (χ3v) is 1.78. The van der Waals surface area contributed by atoms with Crippen LogP contribution in [-0.2, 0) is 9.53 Å². The number of nitrogens with two attached hydrogens (primary N) is 1. The predicted molar refractivity (Wildman–Crippen MR) is 53.0 cm³/mol. The lowest BCUT2D eigenvalue weighted by atomic mass is 10.3. The lowest BCUT2D eigenvalue weighted by molar-refractivity contribution is -0.144. The van der Waals surface area contributed by atoms with E-state index in [-0.39, 0.29) is 0 Å². The fourth-order valence-electron chi connectivity index (χ4n) is 0.831. The standard InChI is InChI=1S/C10H13NO3/c1-7(13-2)10(12)14-9-5-3-8(11)4-6-9/h3-7H,11H2,1-2H3. The van der Waals surface area contributed by atoms with Crippen molar-refractivity contribution in [2.45, 2.75) is 13.0 Å². The van der Waals surface area contributed by atoms with Crippen molar-refractivity contribution >= 4 is 11.7 Å². The summed E-state index contributed by atoms with van der Waals surface area (Å²) in [5, 5.41) is 0. The van der Waals surface area contributed by atoms with Crippen molar-refractivity contribution in [2.24, 2.45) is 0 Å². The van der Waals surface area contributed by atoms with Crippen molar-refractivity contribution in [3.8, 4) is 5.75 Å². The highest BCUT2D eigenvalue weighted by Gasteiger charge is 2.13. The molecule has 14 heavy (non-hydrogen) atoms. The predicted octanol–water partition coefficient (Wildman–Crippen LogP) is 1.21. The lowest BCUT2D eigenvalue weighted by Crippen LogP contribution is -2.24. The largest absolute Gasteiger partial charge is 0.425 e. The van der Waals surface area contributed by atoms with Crippen LogP contribution < -0.4 is 10.5 Å². The summed E-state index contributed by atoms with van der Waals surface area (Å²) in [6.45, 7) is 1.62. The molecule has 0 saturated heterocycles. The maximum Gasteiger partial charge on any atom is 0.340 e. The van der Waals surface area contributed by atoms with Crippen molar-refractivity contribution in [2.75, 3.05) is 12.8 Å². The molecule has 1 atom stereocenters. The van der Waals surface area contributed by atoms with Gasteiger partial charge in [-0.05, 0) is 31.2 Å². The second-order valence-electron chi connectivity index (χ2n) is 2.87. The van der Waals surface area contributed by atoms with Gasteiger partial charge in [-0.15, -0.1) is 0 Å². The average molecular weight is 195 g/mol. The smallest absolute Gasteiger partial charge is 0.340 e. The Bertz CT molecular complexity index is 308. The van der Waals surface area contributed by atoms with Crippen molar-refractivity contribution < 1.29 is 14.3 Å². The van der Waals surface area contributed by atoms with Gasteiger partial charge in [0.2, 0.25) is 0 Å². The van der Waals surface area contributed by atoms with Gasteiger partial charge >= 0.3 is 5.97 Å². The first-order chi connectivity index (χ1) is 6.63. The van der Waals surface area contributed by atoms with Crippen molar-refractivity contribution in [1.82, 2.24) is 0 Å². The summed E-state index contributed by atoms with van der Waals surface area (Å²) >= 11 is 0. The molecule has 0 aliphatic rings. The van der Waals surface area contributed by atoms with Crippen LogP contribution in [0.5, 0.6) is 5.75 Å². The first-order valence-corrected chi connectivity index (χ1v) is 4.23. The van der Waals surface area contributed by atoms with Crippen LogP contribution in [0, 0.1) is 0 Å². The van der Waals surface area contributed by atoms with E-state index in [0.29, 0.717) is 11.4 Å². The van der Waals surface area contributed by atoms with Gasteiger partial charge in [-0.2, -0.15) is 0 Å². The Balaban J connectivity index is 2.60. The van der Waals surface area contributed by atoms with E-state index in [9.17, 15) is 4.79 Å². The molecule has 0 bridgehead atoms. The molecule has 76 valence electrons. The summed E-state index contributed by atoms with van der Waals surface area (Å²) in [6.07, 6.45) is -0.562. The molecule has 1 aromatic rings. The summed E-state index contributed by atoms with van der Waals surface area (Å²) < 4.78 is 9.81. The van der Waals surface area contributed by atoms with Gasteiger partial charge in [0.1, 0.15) is 5.75 Å². The van der Waals surface area contributed by atoms with E-state index in [1.165, 1.54) is 7.11 Å². The Morgan fingerprint density at radius 3 is 2.43 bits per heavy atom. The van der Waals surface area contributed by atoms with Gasteiger partial charge in [0.25, 0.3) is 0 Å². The first-order valence-electron chi connectivity index (χ1n) is 4.23. The molecule has 1 aromatic carbocycles. The molecule has 0 saturated carbocycles. The molecule has 0 aliphatic carbocycles. The number of benzene rings is 1. The molecule has 0 aliphatic heterocycles. The van der Waals surface area contributed by atoms with E-state index in [0.717, 1.165) is 0 Å². The van der Waals surface area contributed by atoms with Crippen LogP contribution >= 0.6 is 0 Å². The fourth-order valence-corrected chi connectivity index (χ4v) is 0.831. The molecule has 2 N–H and O–H groups in total. The Hall–Kier alpha value is -1.55. The highest BCUT2D eigenvalue weighted by Crippen LogP contribution is 2.13. The molecule has 0 heterocycles. The van der Waals surface area contributed by atoms with Crippen molar-refractivity contribution in [1.29, 1.82) is 0 Å². The Labute approximate surface area is 82.6 Å². The Kier molecular flexibility index (Phi) is 3.48. The number of hydrogen-bond acceptors (Lipinski definition) is 4. The van der Waals surface area contributed by atoms with Crippen LogP contribution in [0.15, 0.2) is 24.3 Å². The second-order valence-corrected chi connectivity index (χ2v) is 2.87. The number of anilines is 1. The normalized spacial score (nSPS) is 12.1. The van der Waals surface area contributed by atoms with Crippen LogP contribution in [0.25, 0.3) is 0 Å². The highest BCUT2D eigenvalue weighted by molar-refractivity contribution is 5.76. The number of rotatable bonds is 3. The van der Waals surface area contributed by atoms with Gasteiger partial charge in [-0.1, -0.05) is 0 Å². The topological polar surface area (TPSA) is 61.5 Å². The summed E-state index contributed by atoms with van der Waals surface area (Å²) in [7, 11) is 1.45. The highest BCUT2D eigenvalue weighted by atomic mass is 16.6. The molecule has 0 spiro atoms. The minimum Gasteiger partial charge on any atom is -0.425 e. The molecule has 0 radical (unpaired) electrons. The number of nitrogen functional groups attached to an aromatic ring is 1. The van der Waals surface area contributed by atoms with Crippen molar-refractivity contribution in [3.63, 3.8) is 0 Å². The molecule has 0 amide bonds. The second kappa shape index (κ2) is 4.62. The summed E-state index contributed by atoms with van der Waals surface area (Å²) in [5.41, 5.74) is 6.11. The van der Waals surface area contributed by atoms with E-state index >= 15 is 0 Å². The lowest BCUT2D eigenvalue weighted by Gasteiger charge is -2.08. The number of ether oxygens (including phenoxy) is 2. The van der Waals surface area contributed by atoms with E-state index in [4.69, 9.17) is 15.2 Å². The van der Waals surface area contributed by atoms with Crippen molar-refractivity contribution in [3.05, 3.63) is 24.3 Å². The van der Waals surface area contributed by atoms with Gasteiger partial charge in [0.05, 0.1) is 0 Å². The molecule has 1 rings (SSSR count). The molecule has 4 nitrogen and oxygen atoms in total. The number of esters is 1. The van der Waals surface area contributed by atoms with E-state index in [1.807, 2.05) is 0 Å². The SMILES string of the molecule is COC(C)C(=O)Oc1ccc(N)cc1. The molecular formula is C10H13NO3. The number of hydrogen-bond donors (Lipinski definition) is 1. The van der Waals surface area contributed by atoms with E-state index < -0.39 is 12.1 Å². The Morgan fingerprint density at radius 2 is 1.93 bits per heavy atom. The monoisotopic (exact) mass is 195 g/mol. The summed E-state index contributed by atoms with van der Waals surface area (Å²) in [5.74, 6) is 0.0466. The third kappa shape index (κ3) is 2.74. The van der Waals surface area contributed by atoms with Gasteiger partial charge in [0, 0.05) is 12.8 Å². The first kappa shape index (κ1) is 10.5. The zero-order chi connectivity index (χ0) is 10.6. The fraction of sp³-hybridized carbons (Fsp3) is 0.300. The molecule has 0 aromatic heterocycles. The number of carbonyl (C=O) groups is 1. The zero-order valence-electron chi connectivity index (χ0n) is 8.19. The summed E-state index contributed by atoms with van der Waals surface area (Å²) in [6, 6.07) is 6.60. The van der Waals surface area contributed by atoms with Crippen LogP contribution in [0.1, 0.15) is 6.92 Å². The maximum atomic E-state index is 11.2. The van der Waals surface area contributed by atoms with Crippen LogP contribution in [0.3, 0.4) is 0 Å². The quantitative estimate of drug-likeness (QED) is 0.447. The van der Waals surface area contributed by atoms with Crippen LogP contribution in [0.2, 0.25) is 0 Å². The molecular weight excluding hydrogens is 182 g/mol. The summed E-state index contributed by atoms with van der Waals surface area (Å²) in [4.78, 5) is 11.2. The third-order valence-electron chi connectivity index (χ3n) is 1.78. The molecule has 1 unspecified atom stereocenters. The maximum absolute atomic E-state index is 11.2. The van der Waals surface area contributed by atoms with Gasteiger partial charge in [-0.25, -0.2) is 4.79 Å². The van der Waals surface area contributed by atoms with Gasteiger partial charge in [-0.3, -0.25) is 0 Å². The van der Waals surface area contributed by atoms with Gasteiger partial charge < -0.3 is 15.2 Å². The average Bonchev–Trinajstić information content (AvgIpc) is 2.20. The number of carbonyl (C=O) groups excluding carboxylic acids is 1. The zero-order valence-corrected chi connectivity index (χ0v) is 8.19. The van der Waals surface area contributed by atoms with E-state index in [2.05, 4.69) is 0 Å². The minimum atomic E-state index is -0.562. The van der Waals surface area contributed by atoms with E-state index in [1.54, 1.807) is 31.2 Å². The molecule has 4 heteroatoms. The van der Waals surface area contributed by atoms with Crippen LogP contribution in [-0.4, -0.2) is 19.2 Å². The minimum absolute atomic E-state index is 0.419.